The lowest BCUT2D eigenvalue weighted by atomic mass is 10.1. The minimum atomic E-state index is 0.188. The Morgan fingerprint density at radius 2 is 1.90 bits per heavy atom. The van der Waals surface area contributed by atoms with Crippen molar-refractivity contribution in [3.8, 4) is 22.8 Å². The third-order valence-electron chi connectivity index (χ3n) is 5.35. The van der Waals surface area contributed by atoms with E-state index in [0.717, 1.165) is 35.6 Å². The number of hydrogen-bond donors (Lipinski definition) is 1. The van der Waals surface area contributed by atoms with Crippen molar-refractivity contribution >= 4 is 17.1 Å². The van der Waals surface area contributed by atoms with Gasteiger partial charge >= 0.3 is 0 Å². The number of morpholine rings is 1. The van der Waals surface area contributed by atoms with Crippen LogP contribution < -0.4 is 9.64 Å². The normalized spacial score (nSPS) is 14.2. The molecule has 0 spiro atoms. The summed E-state index contributed by atoms with van der Waals surface area (Å²) in [5.41, 5.74) is 4.03. The standard InChI is InChI=1S/C23H23N5O3/c1-30-19-7-2-4-16(12-19)14-28-15-24-21-20(17-5-3-6-18(29)13-17)25-23(26-22(21)28)27-8-10-31-11-9-27/h2-7,12-13,15,29H,8-11,14H2,1H3. The molecule has 0 amide bonds. The predicted molar refractivity (Wildman–Crippen MR) is 118 cm³/mol. The van der Waals surface area contributed by atoms with Crippen LogP contribution in [0.5, 0.6) is 11.5 Å². The lowest BCUT2D eigenvalue weighted by Gasteiger charge is -2.27. The summed E-state index contributed by atoms with van der Waals surface area (Å²) in [6, 6.07) is 15.0. The Morgan fingerprint density at radius 3 is 2.71 bits per heavy atom. The van der Waals surface area contributed by atoms with E-state index in [4.69, 9.17) is 19.4 Å². The Kier molecular flexibility index (Phi) is 5.13. The number of aromatic hydroxyl groups is 1. The number of fused-ring (bicyclic) bond motifs is 1. The van der Waals surface area contributed by atoms with Crippen molar-refractivity contribution in [3.63, 3.8) is 0 Å². The number of nitrogens with zero attached hydrogens (tertiary/aromatic N) is 5. The number of ether oxygens (including phenoxy) is 2. The topological polar surface area (TPSA) is 85.5 Å². The smallest absolute Gasteiger partial charge is 0.228 e. The molecule has 8 nitrogen and oxygen atoms in total. The molecule has 1 aliphatic heterocycles. The number of phenolic OH excluding ortho intramolecular Hbond substituents is 1. The van der Waals surface area contributed by atoms with E-state index in [9.17, 15) is 5.11 Å². The summed E-state index contributed by atoms with van der Waals surface area (Å²) in [6.45, 7) is 3.36. The predicted octanol–water partition coefficient (Wildman–Crippen LogP) is 3.09. The SMILES string of the molecule is COc1cccc(Cn2cnc3c(-c4cccc(O)c4)nc(N4CCOCC4)nc32)c1. The lowest BCUT2D eigenvalue weighted by molar-refractivity contribution is 0.122. The van der Waals surface area contributed by atoms with Crippen LogP contribution >= 0.6 is 0 Å². The molecule has 0 bridgehead atoms. The molecule has 1 saturated heterocycles. The first kappa shape index (κ1) is 19.3. The third kappa shape index (κ3) is 3.89. The molecule has 1 N–H and O–H groups in total. The zero-order valence-electron chi connectivity index (χ0n) is 17.2. The van der Waals surface area contributed by atoms with Gasteiger partial charge in [0.05, 0.1) is 33.2 Å². The fourth-order valence-electron chi connectivity index (χ4n) is 3.78. The third-order valence-corrected chi connectivity index (χ3v) is 5.35. The molecule has 0 radical (unpaired) electrons. The van der Waals surface area contributed by atoms with Crippen LogP contribution in [-0.4, -0.2) is 58.0 Å². The molecule has 0 saturated carbocycles. The molecule has 1 aliphatic rings. The van der Waals surface area contributed by atoms with E-state index < -0.39 is 0 Å². The van der Waals surface area contributed by atoms with Crippen LogP contribution in [-0.2, 0) is 11.3 Å². The quantitative estimate of drug-likeness (QED) is 0.534. The van der Waals surface area contributed by atoms with E-state index in [1.54, 1.807) is 31.6 Å². The number of anilines is 1. The van der Waals surface area contributed by atoms with Crippen molar-refractivity contribution in [2.24, 2.45) is 0 Å². The highest BCUT2D eigenvalue weighted by atomic mass is 16.5. The second kappa shape index (κ2) is 8.23. The molecular formula is C23H23N5O3. The van der Waals surface area contributed by atoms with Crippen molar-refractivity contribution in [1.82, 2.24) is 19.5 Å². The molecule has 158 valence electrons. The summed E-state index contributed by atoms with van der Waals surface area (Å²) in [7, 11) is 1.66. The fourth-order valence-corrected chi connectivity index (χ4v) is 3.78. The van der Waals surface area contributed by atoms with Gasteiger partial charge in [0.2, 0.25) is 5.95 Å². The van der Waals surface area contributed by atoms with Crippen molar-refractivity contribution in [3.05, 3.63) is 60.4 Å². The number of benzene rings is 2. The number of aromatic nitrogens is 4. The number of methoxy groups -OCH3 is 1. The Hall–Kier alpha value is -3.65. The highest BCUT2D eigenvalue weighted by Gasteiger charge is 2.20. The van der Waals surface area contributed by atoms with Gasteiger partial charge in [0, 0.05) is 18.7 Å². The molecular weight excluding hydrogens is 394 g/mol. The second-order valence-corrected chi connectivity index (χ2v) is 7.42. The minimum absolute atomic E-state index is 0.188. The van der Waals surface area contributed by atoms with Crippen molar-refractivity contribution in [1.29, 1.82) is 0 Å². The maximum Gasteiger partial charge on any atom is 0.228 e. The molecule has 0 atom stereocenters. The van der Waals surface area contributed by atoms with E-state index in [0.29, 0.717) is 36.9 Å². The summed E-state index contributed by atoms with van der Waals surface area (Å²) in [5, 5.41) is 10.0. The maximum atomic E-state index is 10.0. The number of hydrogen-bond acceptors (Lipinski definition) is 7. The highest BCUT2D eigenvalue weighted by Crippen LogP contribution is 2.30. The molecule has 4 aromatic rings. The van der Waals surface area contributed by atoms with Gasteiger partial charge in [-0.25, -0.2) is 9.97 Å². The first-order chi connectivity index (χ1) is 15.2. The minimum Gasteiger partial charge on any atom is -0.508 e. The summed E-state index contributed by atoms with van der Waals surface area (Å²) in [6.07, 6.45) is 1.79. The van der Waals surface area contributed by atoms with E-state index in [-0.39, 0.29) is 5.75 Å². The first-order valence-electron chi connectivity index (χ1n) is 10.2. The van der Waals surface area contributed by atoms with E-state index >= 15 is 0 Å². The summed E-state index contributed by atoms with van der Waals surface area (Å²) < 4.78 is 12.9. The van der Waals surface area contributed by atoms with Gasteiger partial charge in [0.25, 0.3) is 0 Å². The van der Waals surface area contributed by atoms with E-state index in [2.05, 4.69) is 16.0 Å². The average Bonchev–Trinajstić information content (AvgIpc) is 3.22. The van der Waals surface area contributed by atoms with Crippen LogP contribution in [0.3, 0.4) is 0 Å². The van der Waals surface area contributed by atoms with Gasteiger partial charge < -0.3 is 24.0 Å². The Morgan fingerprint density at radius 1 is 1.06 bits per heavy atom. The highest BCUT2D eigenvalue weighted by molar-refractivity contribution is 5.88. The molecule has 0 unspecified atom stereocenters. The monoisotopic (exact) mass is 417 g/mol. The Labute approximate surface area is 179 Å². The molecule has 31 heavy (non-hydrogen) atoms. The summed E-state index contributed by atoms with van der Waals surface area (Å²) in [4.78, 5) is 16.5. The van der Waals surface area contributed by atoms with Crippen LogP contribution in [0.15, 0.2) is 54.9 Å². The zero-order valence-corrected chi connectivity index (χ0v) is 17.2. The van der Waals surface area contributed by atoms with Gasteiger partial charge in [-0.15, -0.1) is 0 Å². The maximum absolute atomic E-state index is 10.0. The number of rotatable bonds is 5. The Balaban J connectivity index is 1.63. The summed E-state index contributed by atoms with van der Waals surface area (Å²) >= 11 is 0. The number of phenols is 1. The van der Waals surface area contributed by atoms with Crippen LogP contribution in [0.25, 0.3) is 22.4 Å². The van der Waals surface area contributed by atoms with E-state index in [1.165, 1.54) is 0 Å². The molecule has 1 fully saturated rings. The lowest BCUT2D eigenvalue weighted by Crippen LogP contribution is -2.37. The van der Waals surface area contributed by atoms with Crippen LogP contribution in [0.4, 0.5) is 5.95 Å². The first-order valence-corrected chi connectivity index (χ1v) is 10.2. The van der Waals surface area contributed by atoms with Crippen LogP contribution in [0.1, 0.15) is 5.56 Å². The van der Waals surface area contributed by atoms with Gasteiger partial charge in [-0.3, -0.25) is 0 Å². The zero-order chi connectivity index (χ0) is 21.2. The van der Waals surface area contributed by atoms with Crippen molar-refractivity contribution < 1.29 is 14.6 Å². The molecule has 5 rings (SSSR count). The van der Waals surface area contributed by atoms with Crippen LogP contribution in [0, 0.1) is 0 Å². The van der Waals surface area contributed by atoms with Crippen LogP contribution in [0.2, 0.25) is 0 Å². The largest absolute Gasteiger partial charge is 0.508 e. The Bertz CT molecular complexity index is 1220. The van der Waals surface area contributed by atoms with Gasteiger partial charge in [0.15, 0.2) is 5.65 Å². The molecule has 8 heteroatoms. The van der Waals surface area contributed by atoms with E-state index in [1.807, 2.05) is 28.8 Å². The van der Waals surface area contributed by atoms with Gasteiger partial charge in [-0.2, -0.15) is 4.98 Å². The van der Waals surface area contributed by atoms with Gasteiger partial charge in [-0.05, 0) is 29.8 Å². The molecule has 2 aromatic heterocycles. The molecule has 2 aromatic carbocycles. The van der Waals surface area contributed by atoms with Crippen molar-refractivity contribution in [2.75, 3.05) is 38.3 Å². The van der Waals surface area contributed by atoms with Gasteiger partial charge in [0.1, 0.15) is 22.7 Å². The molecule has 0 aliphatic carbocycles. The van der Waals surface area contributed by atoms with Crippen molar-refractivity contribution in [2.45, 2.75) is 6.54 Å². The number of imidazole rings is 1. The fraction of sp³-hybridized carbons (Fsp3) is 0.261. The van der Waals surface area contributed by atoms with Gasteiger partial charge in [-0.1, -0.05) is 24.3 Å². The molecule has 3 heterocycles. The average molecular weight is 417 g/mol. The second-order valence-electron chi connectivity index (χ2n) is 7.42. The summed E-state index contributed by atoms with van der Waals surface area (Å²) in [5.74, 6) is 1.64.